The molecule has 1 heterocycles. The second-order valence-corrected chi connectivity index (χ2v) is 7.80. The lowest BCUT2D eigenvalue weighted by atomic mass is 9.71. The van der Waals surface area contributed by atoms with Gasteiger partial charge in [0.1, 0.15) is 0 Å². The zero-order chi connectivity index (χ0) is 18.9. The van der Waals surface area contributed by atoms with Crippen LogP contribution in [0.2, 0.25) is 0 Å². The minimum absolute atomic E-state index is 0.202. The van der Waals surface area contributed by atoms with Gasteiger partial charge in [0.05, 0.1) is 17.4 Å². The van der Waals surface area contributed by atoms with Crippen molar-refractivity contribution in [2.24, 2.45) is 11.0 Å². The molecule has 3 aromatic rings. The first-order valence-corrected chi connectivity index (χ1v) is 10.0. The second kappa shape index (κ2) is 7.12. The zero-order valence-corrected chi connectivity index (χ0v) is 16.1. The number of hydrazone groups is 1. The Labute approximate surface area is 166 Å². The van der Waals surface area contributed by atoms with Gasteiger partial charge >= 0.3 is 0 Å². The molecule has 1 aliphatic heterocycles. The average Bonchev–Trinajstić information content (AvgIpc) is 3.14. The summed E-state index contributed by atoms with van der Waals surface area (Å²) in [4.78, 5) is 0. The van der Waals surface area contributed by atoms with Crippen molar-refractivity contribution >= 4 is 11.4 Å². The molecule has 0 fully saturated rings. The molecule has 0 amide bonds. The highest BCUT2D eigenvalue weighted by Crippen LogP contribution is 2.49. The van der Waals surface area contributed by atoms with Crippen LogP contribution in [0.1, 0.15) is 36.4 Å². The molecule has 2 nitrogen and oxygen atoms in total. The summed E-state index contributed by atoms with van der Waals surface area (Å²) >= 11 is 0. The Balaban J connectivity index is 1.66. The summed E-state index contributed by atoms with van der Waals surface area (Å²) in [5, 5.41) is 7.37. The van der Waals surface area contributed by atoms with Crippen molar-refractivity contribution < 1.29 is 0 Å². The molecule has 5 rings (SSSR count). The maximum absolute atomic E-state index is 5.14. The molecule has 0 aromatic heterocycles. The van der Waals surface area contributed by atoms with Gasteiger partial charge in [0, 0.05) is 5.92 Å². The van der Waals surface area contributed by atoms with E-state index >= 15 is 0 Å². The summed E-state index contributed by atoms with van der Waals surface area (Å²) in [6.07, 6.45) is 3.39. The molecule has 0 spiro atoms. The molecule has 28 heavy (non-hydrogen) atoms. The van der Waals surface area contributed by atoms with Crippen LogP contribution in [0, 0.1) is 5.92 Å². The Morgan fingerprint density at radius 2 is 1.32 bits per heavy atom. The lowest BCUT2D eigenvalue weighted by Crippen LogP contribution is -2.31. The molecule has 0 N–H and O–H groups in total. The first-order valence-electron chi connectivity index (χ1n) is 10.0. The van der Waals surface area contributed by atoms with E-state index in [0.717, 1.165) is 12.1 Å². The molecule has 3 aromatic carbocycles. The van der Waals surface area contributed by atoms with Gasteiger partial charge in [-0.15, -0.1) is 0 Å². The molecule has 0 saturated carbocycles. The van der Waals surface area contributed by atoms with Gasteiger partial charge in [0.25, 0.3) is 0 Å². The molecular formula is C26H24N2. The fourth-order valence-corrected chi connectivity index (χ4v) is 4.73. The number of hydrogen-bond donors (Lipinski definition) is 0. The third-order valence-electron chi connectivity index (χ3n) is 5.93. The maximum Gasteiger partial charge on any atom is 0.0865 e. The lowest BCUT2D eigenvalue weighted by Gasteiger charge is -2.35. The van der Waals surface area contributed by atoms with E-state index in [1.807, 2.05) is 0 Å². The minimum Gasteiger partial charge on any atom is -0.257 e. The smallest absolute Gasteiger partial charge is 0.0865 e. The fraction of sp³-hybridized carbons (Fsp3) is 0.192. The third-order valence-corrected chi connectivity index (χ3v) is 5.93. The molecule has 0 bridgehead atoms. The monoisotopic (exact) mass is 364 g/mol. The Kier molecular flexibility index (Phi) is 4.32. The zero-order valence-electron chi connectivity index (χ0n) is 16.1. The van der Waals surface area contributed by atoms with Crippen LogP contribution in [0.25, 0.3) is 0 Å². The highest BCUT2D eigenvalue weighted by molar-refractivity contribution is 6.02. The van der Waals surface area contributed by atoms with Gasteiger partial charge in [-0.1, -0.05) is 84.4 Å². The standard InChI is InChI=1S/C26H24N2/c1-19-17-23(20-11-5-2-6-12-20)25-24(18-19)27-28(22-15-9-4-10-16-22)26(25)21-13-7-3-8-14-21/h2-16,18,23,25-26H,17H2,1H3. The van der Waals surface area contributed by atoms with E-state index in [2.05, 4.69) is 109 Å². The third kappa shape index (κ3) is 2.95. The number of rotatable bonds is 3. The van der Waals surface area contributed by atoms with Gasteiger partial charge in [-0.05, 0) is 48.6 Å². The van der Waals surface area contributed by atoms with E-state index in [0.29, 0.717) is 11.8 Å². The summed E-state index contributed by atoms with van der Waals surface area (Å²) in [6.45, 7) is 2.23. The van der Waals surface area contributed by atoms with E-state index < -0.39 is 0 Å². The number of anilines is 1. The number of allylic oxidation sites excluding steroid dienone is 2. The van der Waals surface area contributed by atoms with Gasteiger partial charge in [-0.3, -0.25) is 5.01 Å². The quantitative estimate of drug-likeness (QED) is 0.528. The predicted molar refractivity (Wildman–Crippen MR) is 117 cm³/mol. The normalized spacial score (nSPS) is 23.8. The summed E-state index contributed by atoms with van der Waals surface area (Å²) in [7, 11) is 0. The van der Waals surface area contributed by atoms with E-state index in [9.17, 15) is 0 Å². The van der Waals surface area contributed by atoms with Crippen molar-refractivity contribution in [3.63, 3.8) is 0 Å². The van der Waals surface area contributed by atoms with Crippen molar-refractivity contribution in [2.45, 2.75) is 25.3 Å². The molecule has 2 heteroatoms. The molecule has 0 saturated heterocycles. The summed E-state index contributed by atoms with van der Waals surface area (Å²) < 4.78 is 0. The maximum atomic E-state index is 5.14. The van der Waals surface area contributed by atoms with Crippen LogP contribution in [0.15, 0.2) is 108 Å². The van der Waals surface area contributed by atoms with Crippen molar-refractivity contribution in [3.8, 4) is 0 Å². The van der Waals surface area contributed by atoms with Crippen LogP contribution < -0.4 is 5.01 Å². The largest absolute Gasteiger partial charge is 0.257 e. The SMILES string of the molecule is CC1=CC2=NN(c3ccccc3)C(c3ccccc3)C2C(c2ccccc2)C1. The molecule has 2 aliphatic rings. The molecule has 0 radical (unpaired) electrons. The fourth-order valence-electron chi connectivity index (χ4n) is 4.73. The van der Waals surface area contributed by atoms with E-state index in [1.54, 1.807) is 0 Å². The van der Waals surface area contributed by atoms with Crippen LogP contribution >= 0.6 is 0 Å². The van der Waals surface area contributed by atoms with Crippen molar-refractivity contribution in [3.05, 3.63) is 114 Å². The first-order chi connectivity index (χ1) is 13.8. The lowest BCUT2D eigenvalue weighted by molar-refractivity contribution is 0.450. The van der Waals surface area contributed by atoms with E-state index in [-0.39, 0.29) is 6.04 Å². The molecule has 1 aliphatic carbocycles. The van der Waals surface area contributed by atoms with Crippen molar-refractivity contribution in [1.82, 2.24) is 0 Å². The Morgan fingerprint density at radius 1 is 0.750 bits per heavy atom. The van der Waals surface area contributed by atoms with E-state index in [1.165, 1.54) is 22.4 Å². The van der Waals surface area contributed by atoms with Gasteiger partial charge in [0.15, 0.2) is 0 Å². The Bertz CT molecular complexity index is 1010. The van der Waals surface area contributed by atoms with Crippen LogP contribution in [0.4, 0.5) is 5.69 Å². The topological polar surface area (TPSA) is 15.6 Å². The number of hydrogen-bond acceptors (Lipinski definition) is 2. The van der Waals surface area contributed by atoms with Crippen LogP contribution in [-0.2, 0) is 0 Å². The number of nitrogens with zero attached hydrogens (tertiary/aromatic N) is 2. The number of benzene rings is 3. The molecule has 3 atom stereocenters. The van der Waals surface area contributed by atoms with E-state index in [4.69, 9.17) is 5.10 Å². The van der Waals surface area contributed by atoms with Crippen LogP contribution in [-0.4, -0.2) is 5.71 Å². The molecule has 3 unspecified atom stereocenters. The molecular weight excluding hydrogens is 340 g/mol. The molecule has 138 valence electrons. The van der Waals surface area contributed by atoms with Crippen molar-refractivity contribution in [1.29, 1.82) is 0 Å². The highest BCUT2D eigenvalue weighted by Gasteiger charge is 2.44. The Morgan fingerprint density at radius 3 is 1.96 bits per heavy atom. The predicted octanol–water partition coefficient (Wildman–Crippen LogP) is 6.35. The average molecular weight is 364 g/mol. The van der Waals surface area contributed by atoms with Gasteiger partial charge in [-0.25, -0.2) is 0 Å². The van der Waals surface area contributed by atoms with Crippen LogP contribution in [0.3, 0.4) is 0 Å². The summed E-state index contributed by atoms with van der Waals surface area (Å²) in [5.74, 6) is 0.776. The summed E-state index contributed by atoms with van der Waals surface area (Å²) in [5.41, 5.74) is 6.49. The Hall–Kier alpha value is -3.13. The number of para-hydroxylation sites is 1. The van der Waals surface area contributed by atoms with Crippen molar-refractivity contribution in [2.75, 3.05) is 5.01 Å². The van der Waals surface area contributed by atoms with Crippen LogP contribution in [0.5, 0.6) is 0 Å². The van der Waals surface area contributed by atoms with Gasteiger partial charge < -0.3 is 0 Å². The van der Waals surface area contributed by atoms with Gasteiger partial charge in [0.2, 0.25) is 0 Å². The highest BCUT2D eigenvalue weighted by atomic mass is 15.5. The van der Waals surface area contributed by atoms with Gasteiger partial charge in [-0.2, -0.15) is 5.10 Å². The summed E-state index contributed by atoms with van der Waals surface area (Å²) in [6, 6.07) is 32.6. The minimum atomic E-state index is 0.202. The first kappa shape index (κ1) is 17.0. The second-order valence-electron chi connectivity index (χ2n) is 7.80. The number of fused-ring (bicyclic) bond motifs is 1.